The zero-order valence-electron chi connectivity index (χ0n) is 10.1. The van der Waals surface area contributed by atoms with Gasteiger partial charge in [0.1, 0.15) is 0 Å². The lowest BCUT2D eigenvalue weighted by Gasteiger charge is -2.14. The minimum Gasteiger partial charge on any atom is -0.341 e. The summed E-state index contributed by atoms with van der Waals surface area (Å²) in [5.74, 6) is 6.02. The van der Waals surface area contributed by atoms with Crippen LogP contribution in [0.2, 0.25) is 0 Å². The van der Waals surface area contributed by atoms with Gasteiger partial charge in [-0.25, -0.2) is 4.79 Å². The molecule has 0 aromatic heterocycles. The van der Waals surface area contributed by atoms with Crippen LogP contribution in [0.15, 0.2) is 0 Å². The van der Waals surface area contributed by atoms with Gasteiger partial charge < -0.3 is 10.2 Å². The van der Waals surface area contributed by atoms with Gasteiger partial charge in [-0.3, -0.25) is 4.90 Å². The maximum atomic E-state index is 11.1. The molecular formula is C11H21N3O. The largest absolute Gasteiger partial charge is 0.341 e. The summed E-state index contributed by atoms with van der Waals surface area (Å²) in [5, 5.41) is 2.55. The smallest absolute Gasteiger partial charge is 0.317 e. The van der Waals surface area contributed by atoms with E-state index in [0.717, 1.165) is 19.6 Å². The second-order valence-electron chi connectivity index (χ2n) is 3.23. The highest BCUT2D eigenvalue weighted by atomic mass is 16.2. The van der Waals surface area contributed by atoms with E-state index in [9.17, 15) is 4.79 Å². The molecule has 0 bridgehead atoms. The van der Waals surface area contributed by atoms with Gasteiger partial charge in [-0.15, -0.1) is 0 Å². The normalized spacial score (nSPS) is 9.40. The molecule has 86 valence electrons. The lowest BCUT2D eigenvalue weighted by Crippen LogP contribution is -2.35. The SMILES string of the molecule is CCN(CC)CC#CCN(C)C(=O)NC. The van der Waals surface area contributed by atoms with Crippen LogP contribution >= 0.6 is 0 Å². The molecule has 0 heterocycles. The lowest BCUT2D eigenvalue weighted by molar-refractivity contribution is 0.216. The van der Waals surface area contributed by atoms with Crippen LogP contribution in [0.1, 0.15) is 13.8 Å². The fraction of sp³-hybridized carbons (Fsp3) is 0.727. The molecule has 0 fully saturated rings. The highest BCUT2D eigenvalue weighted by molar-refractivity contribution is 5.73. The van der Waals surface area contributed by atoms with E-state index < -0.39 is 0 Å². The van der Waals surface area contributed by atoms with Crippen LogP contribution in [-0.2, 0) is 0 Å². The van der Waals surface area contributed by atoms with Gasteiger partial charge in [0, 0.05) is 14.1 Å². The summed E-state index contributed by atoms with van der Waals surface area (Å²) >= 11 is 0. The number of hydrogen-bond acceptors (Lipinski definition) is 2. The van der Waals surface area contributed by atoms with Crippen molar-refractivity contribution < 1.29 is 4.79 Å². The van der Waals surface area contributed by atoms with Gasteiger partial charge in [0.25, 0.3) is 0 Å². The molecule has 0 aliphatic heterocycles. The minimum absolute atomic E-state index is 0.105. The topological polar surface area (TPSA) is 35.6 Å². The van der Waals surface area contributed by atoms with Gasteiger partial charge in [0.05, 0.1) is 13.1 Å². The third-order valence-electron chi connectivity index (χ3n) is 2.20. The van der Waals surface area contributed by atoms with Gasteiger partial charge in [0.2, 0.25) is 0 Å². The van der Waals surface area contributed by atoms with E-state index in [1.807, 2.05) is 0 Å². The highest BCUT2D eigenvalue weighted by Crippen LogP contribution is 1.84. The maximum absolute atomic E-state index is 11.1. The predicted molar refractivity (Wildman–Crippen MR) is 62.6 cm³/mol. The number of carbonyl (C=O) groups is 1. The second kappa shape index (κ2) is 8.13. The van der Waals surface area contributed by atoms with E-state index in [4.69, 9.17) is 0 Å². The van der Waals surface area contributed by atoms with Gasteiger partial charge in [-0.05, 0) is 13.1 Å². The zero-order valence-corrected chi connectivity index (χ0v) is 10.1. The summed E-state index contributed by atoms with van der Waals surface area (Å²) in [6.45, 7) is 7.49. The molecule has 0 saturated heterocycles. The van der Waals surface area contributed by atoms with Crippen molar-refractivity contribution in [3.05, 3.63) is 0 Å². The first-order valence-corrected chi connectivity index (χ1v) is 5.26. The Hall–Kier alpha value is -1.21. The Morgan fingerprint density at radius 1 is 1.20 bits per heavy atom. The number of amides is 2. The van der Waals surface area contributed by atoms with Crippen molar-refractivity contribution in [3.63, 3.8) is 0 Å². The first-order chi connectivity index (χ1) is 7.15. The molecule has 0 unspecified atom stereocenters. The van der Waals surface area contributed by atoms with Crippen molar-refractivity contribution in [2.24, 2.45) is 0 Å². The zero-order chi connectivity index (χ0) is 11.7. The fourth-order valence-corrected chi connectivity index (χ4v) is 1.05. The van der Waals surface area contributed by atoms with E-state index >= 15 is 0 Å². The Balaban J connectivity index is 3.84. The quantitative estimate of drug-likeness (QED) is 0.691. The fourth-order valence-electron chi connectivity index (χ4n) is 1.05. The molecule has 1 N–H and O–H groups in total. The molecule has 0 aromatic rings. The van der Waals surface area contributed by atoms with Gasteiger partial charge in [-0.2, -0.15) is 0 Å². The molecule has 0 saturated carbocycles. The van der Waals surface area contributed by atoms with Crippen molar-refractivity contribution in [1.29, 1.82) is 0 Å². The van der Waals surface area contributed by atoms with Crippen LogP contribution in [0.4, 0.5) is 4.79 Å². The highest BCUT2D eigenvalue weighted by Gasteiger charge is 2.01. The average molecular weight is 211 g/mol. The Bertz CT molecular complexity index is 238. The number of carbonyl (C=O) groups excluding carboxylic acids is 1. The first kappa shape index (κ1) is 13.8. The summed E-state index contributed by atoms with van der Waals surface area (Å²) in [6, 6.07) is -0.105. The summed E-state index contributed by atoms with van der Waals surface area (Å²) in [6.07, 6.45) is 0. The molecular weight excluding hydrogens is 190 g/mol. The maximum Gasteiger partial charge on any atom is 0.317 e. The average Bonchev–Trinajstić information content (AvgIpc) is 2.27. The third kappa shape index (κ3) is 5.97. The molecule has 0 rings (SSSR count). The van der Waals surface area contributed by atoms with Crippen molar-refractivity contribution in [1.82, 2.24) is 15.1 Å². The number of nitrogens with one attached hydrogen (secondary N) is 1. The minimum atomic E-state index is -0.105. The van der Waals surface area contributed by atoms with Crippen LogP contribution in [0.25, 0.3) is 0 Å². The lowest BCUT2D eigenvalue weighted by atomic mass is 10.4. The molecule has 4 nitrogen and oxygen atoms in total. The van der Waals surface area contributed by atoms with Crippen molar-refractivity contribution in [2.45, 2.75) is 13.8 Å². The summed E-state index contributed by atoms with van der Waals surface area (Å²) < 4.78 is 0. The number of urea groups is 1. The summed E-state index contributed by atoms with van der Waals surface area (Å²) in [4.78, 5) is 14.9. The monoisotopic (exact) mass is 211 g/mol. The molecule has 15 heavy (non-hydrogen) atoms. The van der Waals surface area contributed by atoms with Gasteiger partial charge in [-0.1, -0.05) is 25.7 Å². The second-order valence-corrected chi connectivity index (χ2v) is 3.23. The van der Waals surface area contributed by atoms with Gasteiger partial charge >= 0.3 is 6.03 Å². The predicted octanol–water partition coefficient (Wildman–Crippen LogP) is 0.603. The standard InChI is InChI=1S/C11H21N3O/c1-5-14(6-2)10-8-7-9-13(4)11(15)12-3/h5-6,9-10H2,1-4H3,(H,12,15). The van der Waals surface area contributed by atoms with Crippen LogP contribution in [0.3, 0.4) is 0 Å². The molecule has 0 aliphatic carbocycles. The van der Waals surface area contributed by atoms with E-state index in [1.54, 1.807) is 19.0 Å². The number of rotatable bonds is 4. The van der Waals surface area contributed by atoms with Crippen LogP contribution in [0, 0.1) is 11.8 Å². The summed E-state index contributed by atoms with van der Waals surface area (Å²) in [5.41, 5.74) is 0. The number of nitrogens with zero attached hydrogens (tertiary/aromatic N) is 2. The molecule has 0 spiro atoms. The van der Waals surface area contributed by atoms with E-state index in [2.05, 4.69) is 35.9 Å². The third-order valence-corrected chi connectivity index (χ3v) is 2.20. The molecule has 0 aliphatic rings. The van der Waals surface area contributed by atoms with Gasteiger partial charge in [0.15, 0.2) is 0 Å². The molecule has 0 atom stereocenters. The van der Waals surface area contributed by atoms with E-state index in [1.165, 1.54) is 0 Å². The molecule has 0 aromatic carbocycles. The van der Waals surface area contributed by atoms with Crippen molar-refractivity contribution in [2.75, 3.05) is 40.3 Å². The van der Waals surface area contributed by atoms with Crippen LogP contribution in [0.5, 0.6) is 0 Å². The van der Waals surface area contributed by atoms with E-state index in [0.29, 0.717) is 6.54 Å². The molecule has 4 heteroatoms. The van der Waals surface area contributed by atoms with E-state index in [-0.39, 0.29) is 6.03 Å². The Morgan fingerprint density at radius 2 is 1.73 bits per heavy atom. The summed E-state index contributed by atoms with van der Waals surface area (Å²) in [7, 11) is 3.34. The van der Waals surface area contributed by atoms with Crippen molar-refractivity contribution in [3.8, 4) is 11.8 Å². The first-order valence-electron chi connectivity index (χ1n) is 5.26. The Labute approximate surface area is 92.6 Å². The molecule has 2 amide bonds. The Morgan fingerprint density at radius 3 is 2.20 bits per heavy atom. The molecule has 0 radical (unpaired) electrons. The van der Waals surface area contributed by atoms with Crippen LogP contribution < -0.4 is 5.32 Å². The van der Waals surface area contributed by atoms with Crippen LogP contribution in [-0.4, -0.2) is 56.1 Å². The Kier molecular flexibility index (Phi) is 7.47. The van der Waals surface area contributed by atoms with Crippen molar-refractivity contribution >= 4 is 6.03 Å². The number of hydrogen-bond donors (Lipinski definition) is 1.